The van der Waals surface area contributed by atoms with Crippen LogP contribution < -0.4 is 10.6 Å². The van der Waals surface area contributed by atoms with Crippen molar-refractivity contribution in [1.82, 2.24) is 15.5 Å². The summed E-state index contributed by atoms with van der Waals surface area (Å²) in [5.41, 5.74) is 0. The lowest BCUT2D eigenvalue weighted by atomic mass is 9.95. The Morgan fingerprint density at radius 3 is 2.67 bits per heavy atom. The predicted octanol–water partition coefficient (Wildman–Crippen LogP) is 1.60. The van der Waals surface area contributed by atoms with Gasteiger partial charge in [-0.25, -0.2) is 4.99 Å². The fourth-order valence-electron chi connectivity index (χ4n) is 3.42. The number of nitrogens with zero attached hydrogens (tertiary/aromatic N) is 2. The number of amides is 1. The number of nitrogens with one attached hydrogen (secondary N) is 2. The number of unbranched alkanes of at least 4 members (excludes halogenated alkanes) is 1. The first-order valence-electron chi connectivity index (χ1n) is 8.35. The van der Waals surface area contributed by atoms with Crippen molar-refractivity contribution in [2.75, 3.05) is 27.2 Å². The molecule has 0 saturated heterocycles. The van der Waals surface area contributed by atoms with E-state index >= 15 is 0 Å². The molecule has 5 nitrogen and oxygen atoms in total. The van der Waals surface area contributed by atoms with E-state index in [2.05, 4.69) is 22.5 Å². The number of hydrogen-bond donors (Lipinski definition) is 2. The van der Waals surface area contributed by atoms with Crippen molar-refractivity contribution in [3.63, 3.8) is 0 Å². The Balaban J connectivity index is 1.88. The molecular formula is C16H30N4O. The molecule has 21 heavy (non-hydrogen) atoms. The molecule has 1 amide bonds. The highest BCUT2D eigenvalue weighted by atomic mass is 16.2. The summed E-state index contributed by atoms with van der Waals surface area (Å²) in [6, 6.07) is 0.547. The number of guanidine groups is 1. The van der Waals surface area contributed by atoms with Crippen LogP contribution in [0.3, 0.4) is 0 Å². The first-order valence-corrected chi connectivity index (χ1v) is 8.35. The third-order valence-electron chi connectivity index (χ3n) is 4.75. The summed E-state index contributed by atoms with van der Waals surface area (Å²) in [6.45, 7) is 3.31. The van der Waals surface area contributed by atoms with Crippen LogP contribution in [0.25, 0.3) is 0 Å². The normalized spacial score (nSPS) is 27.8. The van der Waals surface area contributed by atoms with Crippen LogP contribution in [0.5, 0.6) is 0 Å². The zero-order valence-corrected chi connectivity index (χ0v) is 13.7. The minimum atomic E-state index is 0.0412. The maximum Gasteiger partial charge on any atom is 0.243 e. The van der Waals surface area contributed by atoms with Gasteiger partial charge in [0, 0.05) is 26.7 Å². The van der Waals surface area contributed by atoms with Crippen LogP contribution in [0.1, 0.15) is 45.4 Å². The van der Waals surface area contributed by atoms with Gasteiger partial charge < -0.3 is 15.5 Å². The lowest BCUT2D eigenvalue weighted by Gasteiger charge is -2.25. The van der Waals surface area contributed by atoms with Crippen molar-refractivity contribution in [1.29, 1.82) is 0 Å². The minimum absolute atomic E-state index is 0.0412. The van der Waals surface area contributed by atoms with Gasteiger partial charge in [0.25, 0.3) is 0 Å². The third-order valence-corrected chi connectivity index (χ3v) is 4.75. The van der Waals surface area contributed by atoms with Gasteiger partial charge in [-0.3, -0.25) is 4.79 Å². The molecule has 0 aromatic rings. The van der Waals surface area contributed by atoms with E-state index in [0.29, 0.717) is 6.04 Å². The SMILES string of the molecule is CCCCNC(=NCC(=O)N(C)C)NC1CC2CCC1C2. The van der Waals surface area contributed by atoms with Gasteiger partial charge in [-0.1, -0.05) is 19.8 Å². The van der Waals surface area contributed by atoms with E-state index in [0.717, 1.165) is 37.2 Å². The number of hydrogen-bond acceptors (Lipinski definition) is 2. The van der Waals surface area contributed by atoms with Gasteiger partial charge in [-0.2, -0.15) is 0 Å². The van der Waals surface area contributed by atoms with Crippen molar-refractivity contribution >= 4 is 11.9 Å². The number of rotatable bonds is 6. The molecule has 5 heteroatoms. The molecule has 0 heterocycles. The highest BCUT2D eigenvalue weighted by Gasteiger charge is 2.39. The van der Waals surface area contributed by atoms with Crippen LogP contribution in [-0.4, -0.2) is 50.0 Å². The van der Waals surface area contributed by atoms with Gasteiger partial charge in [0.1, 0.15) is 6.54 Å². The Morgan fingerprint density at radius 2 is 2.10 bits per heavy atom. The number of fused-ring (bicyclic) bond motifs is 2. The topological polar surface area (TPSA) is 56.7 Å². The van der Waals surface area contributed by atoms with E-state index in [1.807, 2.05) is 0 Å². The molecule has 0 spiro atoms. The molecule has 0 aromatic carbocycles. The van der Waals surface area contributed by atoms with Gasteiger partial charge in [0.15, 0.2) is 5.96 Å². The Kier molecular flexibility index (Phi) is 5.88. The van der Waals surface area contributed by atoms with Crippen LogP contribution in [0.4, 0.5) is 0 Å². The summed E-state index contributed by atoms with van der Waals surface area (Å²) in [6.07, 6.45) is 7.67. The van der Waals surface area contributed by atoms with Crippen LogP contribution >= 0.6 is 0 Å². The minimum Gasteiger partial charge on any atom is -0.356 e. The molecule has 2 aliphatic rings. The zero-order chi connectivity index (χ0) is 15.2. The number of carbonyl (C=O) groups excluding carboxylic acids is 1. The van der Waals surface area contributed by atoms with E-state index in [-0.39, 0.29) is 12.5 Å². The molecule has 120 valence electrons. The largest absolute Gasteiger partial charge is 0.356 e. The molecule has 2 bridgehead atoms. The third kappa shape index (κ3) is 4.61. The number of carbonyl (C=O) groups is 1. The molecular weight excluding hydrogens is 264 g/mol. The zero-order valence-electron chi connectivity index (χ0n) is 13.7. The van der Waals surface area contributed by atoms with Crippen molar-refractivity contribution in [2.24, 2.45) is 16.8 Å². The van der Waals surface area contributed by atoms with Crippen LogP contribution in [0.15, 0.2) is 4.99 Å². The second-order valence-corrected chi connectivity index (χ2v) is 6.66. The van der Waals surface area contributed by atoms with Crippen LogP contribution in [0, 0.1) is 11.8 Å². The average Bonchev–Trinajstić information content (AvgIpc) is 3.06. The Morgan fingerprint density at radius 1 is 1.29 bits per heavy atom. The summed E-state index contributed by atoms with van der Waals surface area (Å²) in [4.78, 5) is 17.8. The quantitative estimate of drug-likeness (QED) is 0.444. The highest BCUT2D eigenvalue weighted by molar-refractivity contribution is 5.85. The molecule has 2 N–H and O–H groups in total. The number of likely N-dealkylation sites (N-methyl/N-ethyl adjacent to an activating group) is 1. The summed E-state index contributed by atoms with van der Waals surface area (Å²) < 4.78 is 0. The van der Waals surface area contributed by atoms with E-state index in [9.17, 15) is 4.79 Å². The second-order valence-electron chi connectivity index (χ2n) is 6.66. The van der Waals surface area contributed by atoms with E-state index in [1.54, 1.807) is 19.0 Å². The number of aliphatic imine (C=N–C) groups is 1. The lowest BCUT2D eigenvalue weighted by molar-refractivity contribution is -0.127. The molecule has 3 atom stereocenters. The maximum atomic E-state index is 11.7. The van der Waals surface area contributed by atoms with Gasteiger partial charge in [0.2, 0.25) is 5.91 Å². The summed E-state index contributed by atoms with van der Waals surface area (Å²) in [7, 11) is 3.54. The van der Waals surface area contributed by atoms with E-state index < -0.39 is 0 Å². The monoisotopic (exact) mass is 294 g/mol. The molecule has 0 aliphatic heterocycles. The summed E-state index contributed by atoms with van der Waals surface area (Å²) in [5.74, 6) is 2.57. The van der Waals surface area contributed by atoms with E-state index in [4.69, 9.17) is 0 Å². The molecule has 0 aromatic heterocycles. The molecule has 2 saturated carbocycles. The van der Waals surface area contributed by atoms with Crippen molar-refractivity contribution in [3.05, 3.63) is 0 Å². The highest BCUT2D eigenvalue weighted by Crippen LogP contribution is 2.44. The van der Waals surface area contributed by atoms with Crippen LogP contribution in [0.2, 0.25) is 0 Å². The van der Waals surface area contributed by atoms with Gasteiger partial charge >= 0.3 is 0 Å². The van der Waals surface area contributed by atoms with E-state index in [1.165, 1.54) is 25.7 Å². The molecule has 2 aliphatic carbocycles. The first kappa shape index (κ1) is 16.1. The predicted molar refractivity (Wildman–Crippen MR) is 86.3 cm³/mol. The maximum absolute atomic E-state index is 11.7. The smallest absolute Gasteiger partial charge is 0.243 e. The molecule has 3 unspecified atom stereocenters. The van der Waals surface area contributed by atoms with Crippen molar-refractivity contribution < 1.29 is 4.79 Å². The lowest BCUT2D eigenvalue weighted by Crippen LogP contribution is -2.46. The fourth-order valence-corrected chi connectivity index (χ4v) is 3.42. The molecule has 2 rings (SSSR count). The Hall–Kier alpha value is -1.26. The van der Waals surface area contributed by atoms with Gasteiger partial charge in [-0.05, 0) is 37.5 Å². The Labute approximate surface area is 128 Å². The average molecular weight is 294 g/mol. The summed E-state index contributed by atoms with van der Waals surface area (Å²) >= 11 is 0. The molecule has 2 fully saturated rings. The fraction of sp³-hybridized carbons (Fsp3) is 0.875. The van der Waals surface area contributed by atoms with Crippen molar-refractivity contribution in [3.8, 4) is 0 Å². The first-order chi connectivity index (χ1) is 10.1. The standard InChI is InChI=1S/C16H30N4O/c1-4-5-8-17-16(18-11-15(21)20(2)3)19-14-10-12-6-7-13(14)9-12/h12-14H,4-11H2,1-3H3,(H2,17,18,19). The Bertz CT molecular complexity index is 380. The van der Waals surface area contributed by atoms with Gasteiger partial charge in [0.05, 0.1) is 0 Å². The van der Waals surface area contributed by atoms with Crippen molar-refractivity contribution in [2.45, 2.75) is 51.5 Å². The van der Waals surface area contributed by atoms with Crippen LogP contribution in [-0.2, 0) is 4.79 Å². The van der Waals surface area contributed by atoms with Gasteiger partial charge in [-0.15, -0.1) is 0 Å². The molecule has 0 radical (unpaired) electrons. The second kappa shape index (κ2) is 7.66. The summed E-state index contributed by atoms with van der Waals surface area (Å²) in [5, 5.41) is 6.94.